The van der Waals surface area contributed by atoms with Crippen molar-refractivity contribution in [1.82, 2.24) is 4.90 Å². The second-order valence-corrected chi connectivity index (χ2v) is 3.29. The van der Waals surface area contributed by atoms with Crippen LogP contribution in [0.25, 0.3) is 0 Å². The quantitative estimate of drug-likeness (QED) is 0.630. The van der Waals surface area contributed by atoms with Crippen LogP contribution in [0, 0.1) is 0 Å². The fourth-order valence-corrected chi connectivity index (χ4v) is 1.64. The van der Waals surface area contributed by atoms with E-state index < -0.39 is 0 Å². The third-order valence-electron chi connectivity index (χ3n) is 1.72. The third kappa shape index (κ3) is 2.99. The first kappa shape index (κ1) is 8.50. The van der Waals surface area contributed by atoms with Gasteiger partial charge in [-0.2, -0.15) is 0 Å². The van der Waals surface area contributed by atoms with Crippen LogP contribution in [0.4, 0.5) is 0 Å². The summed E-state index contributed by atoms with van der Waals surface area (Å²) < 4.78 is 5.31. The molecule has 0 aliphatic carbocycles. The number of halogens is 1. The second-order valence-electron chi connectivity index (χ2n) is 2.50. The summed E-state index contributed by atoms with van der Waals surface area (Å²) in [4.78, 5) is 2.43. The minimum atomic E-state index is 0.910. The molecule has 0 aromatic heterocycles. The molecule has 60 valence electrons. The first-order valence-corrected chi connectivity index (χ1v) is 4.91. The van der Waals surface area contributed by atoms with Crippen LogP contribution >= 0.6 is 15.9 Å². The van der Waals surface area contributed by atoms with Crippen LogP contribution in [0.5, 0.6) is 0 Å². The van der Waals surface area contributed by atoms with E-state index in [1.807, 2.05) is 0 Å². The Morgan fingerprint density at radius 1 is 1.30 bits per heavy atom. The van der Waals surface area contributed by atoms with Crippen LogP contribution in [0.3, 0.4) is 0 Å². The molecule has 1 aliphatic heterocycles. The van der Waals surface area contributed by atoms with E-state index in [1.54, 1.807) is 0 Å². The van der Waals surface area contributed by atoms with Crippen molar-refractivity contribution < 1.29 is 4.74 Å². The van der Waals surface area contributed by atoms with Gasteiger partial charge in [0.15, 0.2) is 0 Å². The molecule has 3 heteroatoms. The highest BCUT2D eigenvalue weighted by Crippen LogP contribution is 1.98. The molecule has 1 aliphatic rings. The van der Waals surface area contributed by atoms with Crippen molar-refractivity contribution in [2.24, 2.45) is 0 Å². The van der Waals surface area contributed by atoms with Gasteiger partial charge < -0.3 is 9.64 Å². The number of ether oxygens (including phenoxy) is 1. The van der Waals surface area contributed by atoms with E-state index in [4.69, 9.17) is 4.74 Å². The Labute approximate surface area is 70.7 Å². The summed E-state index contributed by atoms with van der Waals surface area (Å²) in [5.41, 5.74) is 0. The topological polar surface area (TPSA) is 12.5 Å². The molecule has 0 atom stereocenters. The summed E-state index contributed by atoms with van der Waals surface area (Å²) in [7, 11) is 0. The van der Waals surface area contributed by atoms with Crippen molar-refractivity contribution in [2.45, 2.75) is 6.42 Å². The molecule has 1 rings (SSSR count). The fourth-order valence-electron chi connectivity index (χ4n) is 1.14. The largest absolute Gasteiger partial charge is 0.380 e. The molecular weight excluding hydrogens is 194 g/mol. The molecule has 1 fully saturated rings. The molecule has 0 spiro atoms. The zero-order chi connectivity index (χ0) is 7.23. The Hall–Kier alpha value is 0.400. The molecular formula is C7H14BrNO. The van der Waals surface area contributed by atoms with Gasteiger partial charge in [0.2, 0.25) is 0 Å². The molecule has 2 nitrogen and oxygen atoms in total. The van der Waals surface area contributed by atoms with E-state index in [-0.39, 0.29) is 0 Å². The van der Waals surface area contributed by atoms with Crippen molar-refractivity contribution in [1.29, 1.82) is 0 Å². The number of rotatable bonds is 2. The van der Waals surface area contributed by atoms with Crippen LogP contribution in [-0.4, -0.2) is 43.1 Å². The second kappa shape index (κ2) is 5.10. The van der Waals surface area contributed by atoms with Gasteiger partial charge in [0.25, 0.3) is 0 Å². The molecule has 0 saturated carbocycles. The molecule has 0 aromatic rings. The number of hydrogen-bond donors (Lipinski definition) is 0. The Bertz CT molecular complexity index is 81.7. The Balaban J connectivity index is 2.15. The Morgan fingerprint density at radius 3 is 3.00 bits per heavy atom. The molecule has 10 heavy (non-hydrogen) atoms. The minimum Gasteiger partial charge on any atom is -0.380 e. The Kier molecular flexibility index (Phi) is 4.34. The molecule has 0 amide bonds. The molecule has 1 heterocycles. The normalized spacial score (nSPS) is 22.5. The molecule has 0 unspecified atom stereocenters. The minimum absolute atomic E-state index is 0.910. The highest BCUT2D eigenvalue weighted by Gasteiger charge is 2.06. The van der Waals surface area contributed by atoms with Gasteiger partial charge in [-0.25, -0.2) is 0 Å². The average molecular weight is 208 g/mol. The van der Waals surface area contributed by atoms with Gasteiger partial charge >= 0.3 is 0 Å². The van der Waals surface area contributed by atoms with E-state index in [1.165, 1.54) is 13.0 Å². The molecule has 1 saturated heterocycles. The van der Waals surface area contributed by atoms with Crippen molar-refractivity contribution >= 4 is 15.9 Å². The lowest BCUT2D eigenvalue weighted by molar-refractivity contribution is 0.142. The lowest BCUT2D eigenvalue weighted by Gasteiger charge is -2.16. The van der Waals surface area contributed by atoms with E-state index in [9.17, 15) is 0 Å². The zero-order valence-electron chi connectivity index (χ0n) is 6.18. The predicted molar refractivity (Wildman–Crippen MR) is 45.7 cm³/mol. The summed E-state index contributed by atoms with van der Waals surface area (Å²) in [5.74, 6) is 0. The van der Waals surface area contributed by atoms with Gasteiger partial charge in [0.1, 0.15) is 0 Å². The lowest BCUT2D eigenvalue weighted by Crippen LogP contribution is -2.28. The highest BCUT2D eigenvalue weighted by molar-refractivity contribution is 9.09. The maximum atomic E-state index is 5.31. The molecule has 0 N–H and O–H groups in total. The number of alkyl halides is 1. The first-order chi connectivity index (χ1) is 4.93. The highest BCUT2D eigenvalue weighted by atomic mass is 79.9. The SMILES string of the molecule is BrCCN1CCCOCC1. The van der Waals surface area contributed by atoms with Gasteiger partial charge in [0.05, 0.1) is 6.61 Å². The standard InChI is InChI=1S/C7H14BrNO/c8-2-4-9-3-1-6-10-7-5-9/h1-7H2. The average Bonchev–Trinajstić information content (AvgIpc) is 2.17. The smallest absolute Gasteiger partial charge is 0.0593 e. The first-order valence-electron chi connectivity index (χ1n) is 3.79. The maximum Gasteiger partial charge on any atom is 0.0593 e. The van der Waals surface area contributed by atoms with Gasteiger partial charge in [-0.3, -0.25) is 0 Å². The Morgan fingerprint density at radius 2 is 2.20 bits per heavy atom. The third-order valence-corrected chi connectivity index (χ3v) is 2.07. The maximum absolute atomic E-state index is 5.31. The van der Waals surface area contributed by atoms with Crippen LogP contribution in [0.15, 0.2) is 0 Å². The van der Waals surface area contributed by atoms with E-state index in [0.29, 0.717) is 0 Å². The van der Waals surface area contributed by atoms with Gasteiger partial charge in [-0.05, 0) is 6.42 Å². The molecule has 0 aromatic carbocycles. The summed E-state index contributed by atoms with van der Waals surface area (Å²) in [6.45, 7) is 5.31. The lowest BCUT2D eigenvalue weighted by atomic mass is 10.4. The van der Waals surface area contributed by atoms with Gasteiger partial charge in [0, 0.05) is 31.6 Å². The predicted octanol–water partition coefficient (Wildman–Crippen LogP) is 1.10. The van der Waals surface area contributed by atoms with E-state index in [2.05, 4.69) is 20.8 Å². The van der Waals surface area contributed by atoms with Crippen molar-refractivity contribution in [3.8, 4) is 0 Å². The van der Waals surface area contributed by atoms with Gasteiger partial charge in [-0.1, -0.05) is 15.9 Å². The van der Waals surface area contributed by atoms with Crippen LogP contribution in [-0.2, 0) is 4.74 Å². The van der Waals surface area contributed by atoms with E-state index in [0.717, 1.165) is 31.6 Å². The summed E-state index contributed by atoms with van der Waals surface area (Å²) in [6, 6.07) is 0. The van der Waals surface area contributed by atoms with Crippen molar-refractivity contribution in [3.63, 3.8) is 0 Å². The van der Waals surface area contributed by atoms with Crippen LogP contribution in [0.1, 0.15) is 6.42 Å². The monoisotopic (exact) mass is 207 g/mol. The van der Waals surface area contributed by atoms with E-state index >= 15 is 0 Å². The number of hydrogen-bond acceptors (Lipinski definition) is 2. The van der Waals surface area contributed by atoms with Gasteiger partial charge in [-0.15, -0.1) is 0 Å². The zero-order valence-corrected chi connectivity index (χ0v) is 7.77. The van der Waals surface area contributed by atoms with Crippen molar-refractivity contribution in [3.05, 3.63) is 0 Å². The molecule has 0 radical (unpaired) electrons. The summed E-state index contributed by atoms with van der Waals surface area (Å²) >= 11 is 3.43. The molecule has 0 bridgehead atoms. The van der Waals surface area contributed by atoms with Crippen molar-refractivity contribution in [2.75, 3.05) is 38.2 Å². The van der Waals surface area contributed by atoms with Crippen LogP contribution in [0.2, 0.25) is 0 Å². The fraction of sp³-hybridized carbons (Fsp3) is 1.00. The number of nitrogens with zero attached hydrogens (tertiary/aromatic N) is 1. The summed E-state index contributed by atoms with van der Waals surface area (Å²) in [6.07, 6.45) is 1.19. The summed E-state index contributed by atoms with van der Waals surface area (Å²) in [5, 5.41) is 1.08. The van der Waals surface area contributed by atoms with Crippen LogP contribution < -0.4 is 0 Å².